The van der Waals surface area contributed by atoms with Gasteiger partial charge in [-0.1, -0.05) is 35.9 Å². The van der Waals surface area contributed by atoms with Crippen LogP contribution in [0.25, 0.3) is 0 Å². The summed E-state index contributed by atoms with van der Waals surface area (Å²) in [6.07, 6.45) is -0.470. The van der Waals surface area contributed by atoms with Crippen molar-refractivity contribution in [3.8, 4) is 5.75 Å². The molecule has 0 aliphatic carbocycles. The van der Waals surface area contributed by atoms with Crippen LogP contribution in [-0.2, 0) is 0 Å². The van der Waals surface area contributed by atoms with E-state index in [9.17, 15) is 14.7 Å². The van der Waals surface area contributed by atoms with E-state index in [0.717, 1.165) is 5.56 Å². The van der Waals surface area contributed by atoms with Crippen LogP contribution >= 0.6 is 0 Å². The highest BCUT2D eigenvalue weighted by Crippen LogP contribution is 2.36. The number of aryl methyl sites for hydroxylation is 1. The van der Waals surface area contributed by atoms with Gasteiger partial charge < -0.3 is 14.6 Å². The normalized spacial score (nSPS) is 17.0. The highest BCUT2D eigenvalue weighted by molar-refractivity contribution is 6.00. The summed E-state index contributed by atoms with van der Waals surface area (Å²) >= 11 is 0. The Bertz CT molecular complexity index is 733. The quantitative estimate of drug-likeness (QED) is 0.845. The van der Waals surface area contributed by atoms with E-state index in [1.54, 1.807) is 30.3 Å². The number of ketones is 1. The van der Waals surface area contributed by atoms with Gasteiger partial charge in [-0.15, -0.1) is 0 Å². The lowest BCUT2D eigenvalue weighted by Gasteiger charge is -2.27. The van der Waals surface area contributed by atoms with Crippen LogP contribution in [0.3, 0.4) is 0 Å². The van der Waals surface area contributed by atoms with Crippen LogP contribution in [-0.4, -0.2) is 11.8 Å². The molecular formula is C17H13O4-. The predicted octanol–water partition coefficient (Wildman–Crippen LogP) is 2.07. The highest BCUT2D eigenvalue weighted by Gasteiger charge is 2.29. The van der Waals surface area contributed by atoms with E-state index >= 15 is 0 Å². The van der Waals surface area contributed by atoms with Gasteiger partial charge in [0.05, 0.1) is 18.0 Å². The van der Waals surface area contributed by atoms with Crippen molar-refractivity contribution < 1.29 is 19.4 Å². The van der Waals surface area contributed by atoms with Gasteiger partial charge in [0.1, 0.15) is 11.9 Å². The Morgan fingerprint density at radius 1 is 1.24 bits per heavy atom. The molecule has 3 rings (SSSR count). The molecule has 0 fully saturated rings. The number of carbonyl (C=O) groups is 2. The molecule has 0 spiro atoms. The Kier molecular flexibility index (Phi) is 3.22. The van der Waals surface area contributed by atoms with Crippen LogP contribution in [0.1, 0.15) is 44.4 Å². The van der Waals surface area contributed by atoms with Gasteiger partial charge in [-0.3, -0.25) is 4.79 Å². The molecule has 2 aromatic rings. The van der Waals surface area contributed by atoms with Crippen LogP contribution in [0.2, 0.25) is 0 Å². The minimum atomic E-state index is -1.27. The molecule has 0 aromatic heterocycles. The zero-order valence-electron chi connectivity index (χ0n) is 11.5. The standard InChI is InChI=1S/C17H14O4/c1-10-6-7-15-13(8-10)14(18)9-16(21-15)11-4-2-3-5-12(11)17(19)20/h2-8,16H,9H2,1H3,(H,19,20)/p-1. The SMILES string of the molecule is Cc1ccc2c(c1)C(=O)CC(c1ccccc1C(=O)[O-])O2. The minimum absolute atomic E-state index is 0.0434. The largest absolute Gasteiger partial charge is 0.545 e. The Morgan fingerprint density at radius 3 is 2.76 bits per heavy atom. The van der Waals surface area contributed by atoms with E-state index in [0.29, 0.717) is 16.9 Å². The number of Topliss-reactive ketones (excluding diaryl/α,β-unsaturated/α-hetero) is 1. The van der Waals surface area contributed by atoms with Gasteiger partial charge in [0.15, 0.2) is 5.78 Å². The summed E-state index contributed by atoms with van der Waals surface area (Å²) in [6, 6.07) is 11.9. The number of fused-ring (bicyclic) bond motifs is 1. The average molecular weight is 281 g/mol. The van der Waals surface area contributed by atoms with E-state index in [4.69, 9.17) is 4.74 Å². The molecule has 106 valence electrons. The van der Waals surface area contributed by atoms with Gasteiger partial charge in [0.25, 0.3) is 0 Å². The third kappa shape index (κ3) is 2.40. The van der Waals surface area contributed by atoms with Gasteiger partial charge >= 0.3 is 0 Å². The van der Waals surface area contributed by atoms with Crippen LogP contribution in [0.5, 0.6) is 5.75 Å². The van der Waals surface area contributed by atoms with Crippen molar-refractivity contribution >= 4 is 11.8 Å². The lowest BCUT2D eigenvalue weighted by molar-refractivity contribution is -0.255. The van der Waals surface area contributed by atoms with Crippen molar-refractivity contribution in [1.29, 1.82) is 0 Å². The molecule has 1 atom stereocenters. The zero-order chi connectivity index (χ0) is 15.0. The van der Waals surface area contributed by atoms with Crippen molar-refractivity contribution in [3.63, 3.8) is 0 Å². The fourth-order valence-corrected chi connectivity index (χ4v) is 2.57. The molecule has 0 radical (unpaired) electrons. The van der Waals surface area contributed by atoms with Gasteiger partial charge in [-0.2, -0.15) is 0 Å². The number of hydrogen-bond acceptors (Lipinski definition) is 4. The van der Waals surface area contributed by atoms with Gasteiger partial charge in [0.2, 0.25) is 0 Å². The number of hydrogen-bond donors (Lipinski definition) is 0. The second-order valence-corrected chi connectivity index (χ2v) is 5.11. The number of ether oxygens (including phenoxy) is 1. The summed E-state index contributed by atoms with van der Waals surface area (Å²) < 4.78 is 5.82. The number of aromatic carboxylic acids is 1. The van der Waals surface area contributed by atoms with E-state index in [2.05, 4.69) is 0 Å². The monoisotopic (exact) mass is 281 g/mol. The Labute approximate surface area is 122 Å². The first-order valence-electron chi connectivity index (χ1n) is 6.67. The van der Waals surface area contributed by atoms with E-state index < -0.39 is 12.1 Å². The number of benzene rings is 2. The lowest BCUT2D eigenvalue weighted by atomic mass is 9.93. The van der Waals surface area contributed by atoms with Crippen molar-refractivity contribution in [1.82, 2.24) is 0 Å². The highest BCUT2D eigenvalue weighted by atomic mass is 16.5. The van der Waals surface area contributed by atoms with Crippen LogP contribution < -0.4 is 9.84 Å². The van der Waals surface area contributed by atoms with E-state index in [-0.39, 0.29) is 17.8 Å². The predicted molar refractivity (Wildman–Crippen MR) is 74.3 cm³/mol. The molecule has 1 aliphatic rings. The van der Waals surface area contributed by atoms with Gasteiger partial charge in [-0.05, 0) is 19.1 Å². The molecule has 4 nitrogen and oxygen atoms in total. The van der Waals surface area contributed by atoms with E-state index in [1.807, 2.05) is 13.0 Å². The maximum absolute atomic E-state index is 12.3. The second kappa shape index (κ2) is 5.05. The van der Waals surface area contributed by atoms with Crippen molar-refractivity contribution in [2.45, 2.75) is 19.4 Å². The number of rotatable bonds is 2. The average Bonchev–Trinajstić information content (AvgIpc) is 2.47. The first kappa shape index (κ1) is 13.4. The fraction of sp³-hybridized carbons (Fsp3) is 0.176. The van der Waals surface area contributed by atoms with Gasteiger partial charge in [-0.25, -0.2) is 0 Å². The molecular weight excluding hydrogens is 268 g/mol. The molecule has 1 unspecified atom stereocenters. The van der Waals surface area contributed by atoms with Crippen LogP contribution in [0.15, 0.2) is 42.5 Å². The minimum Gasteiger partial charge on any atom is -0.545 e. The summed E-state index contributed by atoms with van der Waals surface area (Å²) in [7, 11) is 0. The summed E-state index contributed by atoms with van der Waals surface area (Å²) in [5.41, 5.74) is 2.07. The summed E-state index contributed by atoms with van der Waals surface area (Å²) in [5, 5.41) is 11.2. The first-order valence-corrected chi connectivity index (χ1v) is 6.67. The van der Waals surface area contributed by atoms with Crippen molar-refractivity contribution in [2.75, 3.05) is 0 Å². The molecule has 1 aliphatic heterocycles. The molecule has 0 saturated carbocycles. The van der Waals surface area contributed by atoms with Crippen LogP contribution in [0.4, 0.5) is 0 Å². The molecule has 4 heteroatoms. The third-order valence-corrected chi connectivity index (χ3v) is 3.60. The van der Waals surface area contributed by atoms with E-state index in [1.165, 1.54) is 6.07 Å². The second-order valence-electron chi connectivity index (χ2n) is 5.11. The Hall–Kier alpha value is -2.62. The first-order chi connectivity index (χ1) is 10.1. The summed E-state index contributed by atoms with van der Waals surface area (Å²) in [6.45, 7) is 1.91. The lowest BCUT2D eigenvalue weighted by Crippen LogP contribution is -2.27. The van der Waals surface area contributed by atoms with Crippen molar-refractivity contribution in [3.05, 3.63) is 64.7 Å². The smallest absolute Gasteiger partial charge is 0.170 e. The number of carbonyl (C=O) groups excluding carboxylic acids is 2. The topological polar surface area (TPSA) is 66.4 Å². The summed E-state index contributed by atoms with van der Waals surface area (Å²) in [5.74, 6) is -0.815. The zero-order valence-corrected chi connectivity index (χ0v) is 11.5. The molecule has 0 bridgehead atoms. The molecule has 2 aromatic carbocycles. The third-order valence-electron chi connectivity index (χ3n) is 3.60. The number of carboxylic acids is 1. The molecule has 1 heterocycles. The summed E-state index contributed by atoms with van der Waals surface area (Å²) in [4.78, 5) is 23.4. The molecule has 21 heavy (non-hydrogen) atoms. The fourth-order valence-electron chi connectivity index (χ4n) is 2.57. The van der Waals surface area contributed by atoms with Crippen LogP contribution in [0, 0.1) is 6.92 Å². The van der Waals surface area contributed by atoms with Crippen molar-refractivity contribution in [2.24, 2.45) is 0 Å². The molecule has 0 N–H and O–H groups in total. The Morgan fingerprint density at radius 2 is 2.00 bits per heavy atom. The maximum Gasteiger partial charge on any atom is 0.170 e. The number of carboxylic acid groups (broad SMARTS) is 1. The maximum atomic E-state index is 12.3. The molecule has 0 amide bonds. The molecule has 0 saturated heterocycles. The Balaban J connectivity index is 2.02. The van der Waals surface area contributed by atoms with Gasteiger partial charge in [0, 0.05) is 11.1 Å².